The van der Waals surface area contributed by atoms with Gasteiger partial charge < -0.3 is 19.7 Å². The lowest BCUT2D eigenvalue weighted by molar-refractivity contribution is -0.139. The Kier molecular flexibility index (Phi) is 7.07. The molecular weight excluding hydrogens is 485 g/mol. The zero-order valence-corrected chi connectivity index (χ0v) is 20.2. The van der Waals surface area contributed by atoms with E-state index in [0.717, 1.165) is 6.07 Å². The molecule has 0 bridgehead atoms. The Morgan fingerprint density at radius 1 is 1.31 bits per heavy atom. The minimum atomic E-state index is -4.60. The van der Waals surface area contributed by atoms with Crippen LogP contribution in [0.1, 0.15) is 53.6 Å². The molecule has 1 aromatic carbocycles. The molecule has 4 rings (SSSR count). The molecule has 12 heteroatoms. The van der Waals surface area contributed by atoms with Gasteiger partial charge in [-0.3, -0.25) is 14.6 Å². The van der Waals surface area contributed by atoms with Crippen LogP contribution in [0.3, 0.4) is 0 Å². The second-order valence-corrected chi connectivity index (χ2v) is 9.68. The smallest absolute Gasteiger partial charge is 0.347 e. The Morgan fingerprint density at radius 3 is 2.69 bits per heavy atom. The molecule has 1 unspecified atom stereocenters. The molecule has 2 amide bonds. The second-order valence-electron chi connectivity index (χ2n) is 8.69. The van der Waals surface area contributed by atoms with E-state index in [1.54, 1.807) is 13.8 Å². The Labute approximate surface area is 204 Å². The molecule has 8 nitrogen and oxygen atoms in total. The van der Waals surface area contributed by atoms with Crippen molar-refractivity contribution in [2.45, 2.75) is 50.9 Å². The van der Waals surface area contributed by atoms with Gasteiger partial charge in [0.1, 0.15) is 12.1 Å². The van der Waals surface area contributed by atoms with E-state index in [9.17, 15) is 22.8 Å². The average Bonchev–Trinajstić information content (AvgIpc) is 3.33. The SMILES string of the molecule is CSCCC(C(=O)Nc1cnc([C@H]2COC(C)(C)O2)cn1)N1Cc2c(cccc2C(F)(F)F)C1=O. The summed E-state index contributed by atoms with van der Waals surface area (Å²) in [5.74, 6) is -1.18. The molecule has 2 aromatic rings. The number of thioether (sulfide) groups is 1. The minimum Gasteiger partial charge on any atom is -0.347 e. The normalized spacial score (nSPS) is 20.1. The molecule has 1 fully saturated rings. The van der Waals surface area contributed by atoms with Crippen LogP contribution >= 0.6 is 11.8 Å². The van der Waals surface area contributed by atoms with Gasteiger partial charge in [0.05, 0.1) is 30.3 Å². The summed E-state index contributed by atoms with van der Waals surface area (Å²) >= 11 is 1.47. The van der Waals surface area contributed by atoms with Crippen LogP contribution in [0.5, 0.6) is 0 Å². The summed E-state index contributed by atoms with van der Waals surface area (Å²) in [5, 5.41) is 2.64. The molecule has 3 heterocycles. The fourth-order valence-electron chi connectivity index (χ4n) is 4.14. The molecule has 0 aliphatic carbocycles. The van der Waals surface area contributed by atoms with Crippen LogP contribution in [-0.4, -0.2) is 57.1 Å². The number of carbonyl (C=O) groups is 2. The molecule has 1 N–H and O–H groups in total. The first kappa shape index (κ1) is 25.4. The zero-order chi connectivity index (χ0) is 25.4. The van der Waals surface area contributed by atoms with E-state index < -0.39 is 35.4 Å². The van der Waals surface area contributed by atoms with Gasteiger partial charge in [0.15, 0.2) is 11.6 Å². The van der Waals surface area contributed by atoms with E-state index >= 15 is 0 Å². The number of rotatable bonds is 7. The minimum absolute atomic E-state index is 0.0346. The number of halogens is 3. The van der Waals surface area contributed by atoms with Crippen molar-refractivity contribution in [1.29, 1.82) is 0 Å². The fourth-order valence-corrected chi connectivity index (χ4v) is 4.60. The van der Waals surface area contributed by atoms with Gasteiger partial charge in [-0.15, -0.1) is 0 Å². The van der Waals surface area contributed by atoms with Gasteiger partial charge in [-0.2, -0.15) is 24.9 Å². The Morgan fingerprint density at radius 2 is 2.09 bits per heavy atom. The molecular formula is C23H25F3N4O4S. The number of nitrogens with zero attached hydrogens (tertiary/aromatic N) is 3. The van der Waals surface area contributed by atoms with Crippen molar-refractivity contribution in [3.05, 3.63) is 53.0 Å². The standard InChI is InChI=1S/C23H25F3N4O4S/c1-22(2)33-12-18(34-22)16-9-28-19(10-27-16)29-20(31)17(7-8-35-3)30-11-14-13(21(30)32)5-4-6-15(14)23(24,25)26/h4-6,9-10,17-18H,7-8,11-12H2,1-3H3,(H,28,29,31)/t17?,18-/m1/s1. The quantitative estimate of drug-likeness (QED) is 0.601. The summed E-state index contributed by atoms with van der Waals surface area (Å²) in [4.78, 5) is 35.9. The molecule has 0 spiro atoms. The third kappa shape index (κ3) is 5.44. The van der Waals surface area contributed by atoms with Crippen molar-refractivity contribution in [2.24, 2.45) is 0 Å². The maximum absolute atomic E-state index is 13.5. The van der Waals surface area contributed by atoms with Crippen molar-refractivity contribution in [1.82, 2.24) is 14.9 Å². The van der Waals surface area contributed by atoms with Crippen LogP contribution in [0, 0.1) is 0 Å². The topological polar surface area (TPSA) is 93.7 Å². The molecule has 35 heavy (non-hydrogen) atoms. The highest BCUT2D eigenvalue weighted by atomic mass is 32.2. The third-order valence-corrected chi connectivity index (χ3v) is 6.48. The highest BCUT2D eigenvalue weighted by Crippen LogP contribution is 2.38. The number of hydrogen-bond donors (Lipinski definition) is 1. The van der Waals surface area contributed by atoms with Gasteiger partial charge in [-0.1, -0.05) is 6.07 Å². The van der Waals surface area contributed by atoms with Crippen LogP contribution in [0.4, 0.5) is 19.0 Å². The molecule has 0 radical (unpaired) electrons. The highest BCUT2D eigenvalue weighted by molar-refractivity contribution is 7.98. The zero-order valence-electron chi connectivity index (χ0n) is 19.4. The first-order chi connectivity index (χ1) is 16.5. The lowest BCUT2D eigenvalue weighted by Crippen LogP contribution is -2.44. The van der Waals surface area contributed by atoms with Crippen LogP contribution in [0.25, 0.3) is 0 Å². The molecule has 1 saturated heterocycles. The summed E-state index contributed by atoms with van der Waals surface area (Å²) in [6.07, 6.45) is -0.0385. The molecule has 2 aliphatic heterocycles. The predicted octanol–water partition coefficient (Wildman–Crippen LogP) is 4.04. The van der Waals surface area contributed by atoms with Gasteiger partial charge in [0.25, 0.3) is 5.91 Å². The van der Waals surface area contributed by atoms with Crippen LogP contribution in [0.2, 0.25) is 0 Å². The molecule has 2 atom stereocenters. The molecule has 0 saturated carbocycles. The van der Waals surface area contributed by atoms with E-state index in [1.165, 1.54) is 41.2 Å². The van der Waals surface area contributed by atoms with Crippen molar-refractivity contribution in [2.75, 3.05) is 23.9 Å². The van der Waals surface area contributed by atoms with Crippen LogP contribution < -0.4 is 5.32 Å². The lowest BCUT2D eigenvalue weighted by atomic mass is 10.0. The summed E-state index contributed by atoms with van der Waals surface area (Å²) in [6, 6.07) is 2.54. The number of benzene rings is 1. The third-order valence-electron chi connectivity index (χ3n) is 5.84. The van der Waals surface area contributed by atoms with E-state index in [4.69, 9.17) is 9.47 Å². The van der Waals surface area contributed by atoms with Crippen molar-refractivity contribution in [3.63, 3.8) is 0 Å². The lowest BCUT2D eigenvalue weighted by Gasteiger charge is -2.26. The van der Waals surface area contributed by atoms with Crippen LogP contribution in [0.15, 0.2) is 30.6 Å². The first-order valence-electron chi connectivity index (χ1n) is 10.9. The first-order valence-corrected chi connectivity index (χ1v) is 12.3. The monoisotopic (exact) mass is 510 g/mol. The van der Waals surface area contributed by atoms with Crippen LogP contribution in [-0.2, 0) is 27.0 Å². The number of alkyl halides is 3. The molecule has 188 valence electrons. The maximum atomic E-state index is 13.5. The molecule has 2 aliphatic rings. The van der Waals surface area contributed by atoms with Gasteiger partial charge in [0, 0.05) is 12.1 Å². The number of nitrogens with one attached hydrogen (secondary N) is 1. The number of carbonyl (C=O) groups excluding carboxylic acids is 2. The van der Waals surface area contributed by atoms with E-state index in [1.807, 2.05) is 6.26 Å². The number of ether oxygens (including phenoxy) is 2. The number of anilines is 1. The number of amides is 2. The van der Waals surface area contributed by atoms with Crippen molar-refractivity contribution >= 4 is 29.4 Å². The summed E-state index contributed by atoms with van der Waals surface area (Å²) in [7, 11) is 0. The molecule has 1 aromatic heterocycles. The number of hydrogen-bond acceptors (Lipinski definition) is 7. The van der Waals surface area contributed by atoms with E-state index in [-0.39, 0.29) is 36.0 Å². The Hall–Kier alpha value is -2.70. The summed E-state index contributed by atoms with van der Waals surface area (Å²) in [6.45, 7) is 3.61. The Balaban J connectivity index is 1.51. The van der Waals surface area contributed by atoms with E-state index in [2.05, 4.69) is 15.3 Å². The highest BCUT2D eigenvalue weighted by Gasteiger charge is 2.42. The van der Waals surface area contributed by atoms with Crippen molar-refractivity contribution < 1.29 is 32.2 Å². The van der Waals surface area contributed by atoms with Gasteiger partial charge in [-0.05, 0) is 50.0 Å². The summed E-state index contributed by atoms with van der Waals surface area (Å²) in [5.41, 5.74) is -0.472. The van der Waals surface area contributed by atoms with Gasteiger partial charge in [-0.25, -0.2) is 4.98 Å². The maximum Gasteiger partial charge on any atom is 0.416 e. The number of aromatic nitrogens is 2. The van der Waals surface area contributed by atoms with Crippen molar-refractivity contribution in [3.8, 4) is 0 Å². The largest absolute Gasteiger partial charge is 0.416 e. The predicted molar refractivity (Wildman–Crippen MR) is 123 cm³/mol. The van der Waals surface area contributed by atoms with E-state index in [0.29, 0.717) is 18.1 Å². The summed E-state index contributed by atoms with van der Waals surface area (Å²) < 4.78 is 51.7. The average molecular weight is 511 g/mol. The fraction of sp³-hybridized carbons (Fsp3) is 0.478. The number of fused-ring (bicyclic) bond motifs is 1. The Bertz CT molecular complexity index is 1110. The second kappa shape index (κ2) is 9.75. The van der Waals surface area contributed by atoms with Gasteiger partial charge >= 0.3 is 6.18 Å². The van der Waals surface area contributed by atoms with Gasteiger partial charge in [0.2, 0.25) is 5.91 Å².